The summed E-state index contributed by atoms with van der Waals surface area (Å²) in [6.07, 6.45) is 0. The number of aryl methyl sites for hydroxylation is 1. The molecule has 21 heavy (non-hydrogen) atoms. The molecular weight excluding hydrogens is 314 g/mol. The normalized spacial score (nSPS) is 11.1. The highest BCUT2D eigenvalue weighted by molar-refractivity contribution is 7.93. The third-order valence-corrected chi connectivity index (χ3v) is 4.94. The van der Waals surface area contributed by atoms with Crippen molar-refractivity contribution in [1.82, 2.24) is 4.98 Å². The Morgan fingerprint density at radius 3 is 2.71 bits per heavy atom. The molecule has 9 heteroatoms. The van der Waals surface area contributed by atoms with Crippen molar-refractivity contribution < 1.29 is 17.9 Å². The van der Waals surface area contributed by atoms with Crippen LogP contribution in [0.25, 0.3) is 0 Å². The van der Waals surface area contributed by atoms with Gasteiger partial charge in [0.25, 0.3) is 10.0 Å². The summed E-state index contributed by atoms with van der Waals surface area (Å²) < 4.78 is 31.6. The molecule has 0 aliphatic rings. The number of nitrogen functional groups attached to an aromatic ring is 1. The zero-order chi connectivity index (χ0) is 15.6. The molecule has 0 spiro atoms. The summed E-state index contributed by atoms with van der Waals surface area (Å²) in [5.74, 6) is -0.780. The van der Waals surface area contributed by atoms with Crippen molar-refractivity contribution in [2.45, 2.75) is 11.8 Å². The van der Waals surface area contributed by atoms with Gasteiger partial charge >= 0.3 is 5.97 Å². The summed E-state index contributed by atoms with van der Waals surface area (Å²) in [6.45, 7) is 1.75. The largest absolute Gasteiger partial charge is 0.465 e. The predicted octanol–water partition coefficient (Wildman–Crippen LogP) is 1.62. The molecule has 2 rings (SSSR count). The number of benzene rings is 1. The minimum Gasteiger partial charge on any atom is -0.465 e. The summed E-state index contributed by atoms with van der Waals surface area (Å²) in [6, 6.07) is 3.91. The van der Waals surface area contributed by atoms with Crippen LogP contribution in [0.3, 0.4) is 0 Å². The maximum atomic E-state index is 12.4. The van der Waals surface area contributed by atoms with E-state index in [1.54, 1.807) is 12.3 Å². The lowest BCUT2D eigenvalue weighted by Gasteiger charge is -2.10. The van der Waals surface area contributed by atoms with Crippen LogP contribution in [0.2, 0.25) is 0 Å². The van der Waals surface area contributed by atoms with Crippen LogP contribution >= 0.6 is 11.3 Å². The third-order valence-electron chi connectivity index (χ3n) is 2.54. The molecule has 0 saturated heterocycles. The molecule has 0 aliphatic carbocycles. The van der Waals surface area contributed by atoms with Crippen molar-refractivity contribution in [3.05, 3.63) is 34.8 Å². The minimum absolute atomic E-state index is 0.127. The summed E-state index contributed by atoms with van der Waals surface area (Å²) >= 11 is 1.15. The first-order valence-electron chi connectivity index (χ1n) is 5.76. The Labute approximate surface area is 125 Å². The van der Waals surface area contributed by atoms with E-state index in [1.165, 1.54) is 25.3 Å². The number of esters is 1. The molecular formula is C12H13N3O4S2. The van der Waals surface area contributed by atoms with Crippen LogP contribution in [0.4, 0.5) is 10.8 Å². The lowest BCUT2D eigenvalue weighted by atomic mass is 10.2. The van der Waals surface area contributed by atoms with Crippen molar-refractivity contribution in [3.63, 3.8) is 0 Å². The van der Waals surface area contributed by atoms with Gasteiger partial charge in [-0.2, -0.15) is 0 Å². The van der Waals surface area contributed by atoms with Crippen LogP contribution in [-0.4, -0.2) is 26.5 Å². The van der Waals surface area contributed by atoms with Gasteiger partial charge in [-0.05, 0) is 25.1 Å². The number of anilines is 2. The second-order valence-electron chi connectivity index (χ2n) is 4.15. The van der Waals surface area contributed by atoms with Crippen LogP contribution in [0.5, 0.6) is 0 Å². The van der Waals surface area contributed by atoms with Crippen LogP contribution in [0, 0.1) is 6.92 Å². The smallest absolute Gasteiger partial charge is 0.339 e. The van der Waals surface area contributed by atoms with E-state index in [4.69, 9.17) is 5.73 Å². The monoisotopic (exact) mass is 327 g/mol. The first kappa shape index (κ1) is 15.3. The average Bonchev–Trinajstić information content (AvgIpc) is 2.82. The first-order valence-corrected chi connectivity index (χ1v) is 8.12. The Balaban J connectivity index is 2.46. The number of hydrogen-bond acceptors (Lipinski definition) is 7. The van der Waals surface area contributed by atoms with Crippen LogP contribution in [-0.2, 0) is 14.8 Å². The molecule has 1 aromatic carbocycles. The molecule has 3 N–H and O–H groups in total. The van der Waals surface area contributed by atoms with Crippen LogP contribution in [0.1, 0.15) is 16.1 Å². The number of aromatic nitrogens is 1. The molecule has 0 fully saturated rings. The number of carbonyl (C=O) groups excluding carboxylic acids is 1. The SMILES string of the molecule is COC(=O)c1cc(N)ccc1S(=O)(=O)Nc1nc(C)cs1. The molecule has 0 bridgehead atoms. The number of hydrogen-bond donors (Lipinski definition) is 2. The summed E-state index contributed by atoms with van der Waals surface area (Å²) in [7, 11) is -2.79. The van der Waals surface area contributed by atoms with E-state index in [9.17, 15) is 13.2 Å². The Morgan fingerprint density at radius 1 is 1.43 bits per heavy atom. The van der Waals surface area contributed by atoms with Gasteiger partial charge in [0, 0.05) is 11.1 Å². The number of sulfonamides is 1. The molecule has 0 unspecified atom stereocenters. The predicted molar refractivity (Wildman–Crippen MR) is 79.9 cm³/mol. The standard InChI is InChI=1S/C12H13N3O4S2/c1-7-6-20-12(14-7)15-21(17,18)10-4-3-8(13)5-9(10)11(16)19-2/h3-6H,13H2,1-2H3,(H,14,15). The molecule has 0 atom stereocenters. The number of carbonyl (C=O) groups is 1. The second-order valence-corrected chi connectivity index (χ2v) is 6.66. The van der Waals surface area contributed by atoms with Gasteiger partial charge in [-0.15, -0.1) is 11.3 Å². The summed E-state index contributed by atoms with van der Waals surface area (Å²) in [5, 5.41) is 1.93. The number of ether oxygens (including phenoxy) is 1. The van der Waals surface area contributed by atoms with Crippen LogP contribution in [0.15, 0.2) is 28.5 Å². The molecule has 0 amide bonds. The molecule has 7 nitrogen and oxygen atoms in total. The number of methoxy groups -OCH3 is 1. The fourth-order valence-electron chi connectivity index (χ4n) is 1.62. The zero-order valence-corrected chi connectivity index (χ0v) is 12.9. The first-order chi connectivity index (χ1) is 9.83. The second kappa shape index (κ2) is 5.70. The van der Waals surface area contributed by atoms with E-state index in [0.29, 0.717) is 5.69 Å². The van der Waals surface area contributed by atoms with Gasteiger partial charge in [-0.1, -0.05) is 0 Å². The quantitative estimate of drug-likeness (QED) is 0.652. The van der Waals surface area contributed by atoms with E-state index >= 15 is 0 Å². The minimum atomic E-state index is -3.96. The molecule has 0 radical (unpaired) electrons. The number of nitrogens with zero attached hydrogens (tertiary/aromatic N) is 1. The van der Waals surface area contributed by atoms with Gasteiger partial charge in [0.2, 0.25) is 0 Å². The van der Waals surface area contributed by atoms with E-state index < -0.39 is 16.0 Å². The molecule has 112 valence electrons. The maximum Gasteiger partial charge on any atom is 0.339 e. The topological polar surface area (TPSA) is 111 Å². The fourth-order valence-corrected chi connectivity index (χ4v) is 3.74. The van der Waals surface area contributed by atoms with Crippen molar-refractivity contribution in [1.29, 1.82) is 0 Å². The highest BCUT2D eigenvalue weighted by Crippen LogP contribution is 2.24. The van der Waals surface area contributed by atoms with Crippen molar-refractivity contribution in [3.8, 4) is 0 Å². The van der Waals surface area contributed by atoms with Gasteiger partial charge < -0.3 is 10.5 Å². The highest BCUT2D eigenvalue weighted by atomic mass is 32.2. The Bertz CT molecular complexity index is 784. The zero-order valence-electron chi connectivity index (χ0n) is 11.3. The lowest BCUT2D eigenvalue weighted by Crippen LogP contribution is -2.17. The average molecular weight is 327 g/mol. The van der Waals surface area contributed by atoms with Crippen LogP contribution < -0.4 is 10.5 Å². The van der Waals surface area contributed by atoms with Crippen molar-refractivity contribution in [2.24, 2.45) is 0 Å². The lowest BCUT2D eigenvalue weighted by molar-refractivity contribution is 0.0596. The number of nitrogens with one attached hydrogen (secondary N) is 1. The molecule has 2 aromatic rings. The van der Waals surface area contributed by atoms with Gasteiger partial charge in [-0.25, -0.2) is 18.2 Å². The third kappa shape index (κ3) is 3.31. The van der Waals surface area contributed by atoms with Gasteiger partial charge in [0.05, 0.1) is 18.4 Å². The number of rotatable bonds is 4. The van der Waals surface area contributed by atoms with Gasteiger partial charge in [0.15, 0.2) is 5.13 Å². The number of thiazole rings is 1. The fraction of sp³-hybridized carbons (Fsp3) is 0.167. The molecule has 0 aliphatic heterocycles. The maximum absolute atomic E-state index is 12.4. The Morgan fingerprint density at radius 2 is 2.14 bits per heavy atom. The molecule has 0 saturated carbocycles. The van der Waals surface area contributed by atoms with Crippen molar-refractivity contribution in [2.75, 3.05) is 17.6 Å². The van der Waals surface area contributed by atoms with Gasteiger partial charge in [0.1, 0.15) is 4.90 Å². The molecule has 1 heterocycles. The van der Waals surface area contributed by atoms with E-state index in [1.807, 2.05) is 0 Å². The van der Waals surface area contributed by atoms with E-state index in [0.717, 1.165) is 11.3 Å². The Hall–Kier alpha value is -2.13. The summed E-state index contributed by atoms with van der Waals surface area (Å²) in [5.41, 5.74) is 6.42. The summed E-state index contributed by atoms with van der Waals surface area (Å²) in [4.78, 5) is 15.5. The highest BCUT2D eigenvalue weighted by Gasteiger charge is 2.24. The van der Waals surface area contributed by atoms with Crippen molar-refractivity contribution >= 4 is 38.1 Å². The molecule has 1 aromatic heterocycles. The van der Waals surface area contributed by atoms with E-state index in [2.05, 4.69) is 14.4 Å². The Kier molecular flexibility index (Phi) is 4.14. The number of nitrogens with two attached hydrogens (primary N) is 1. The van der Waals surface area contributed by atoms with E-state index in [-0.39, 0.29) is 21.3 Å². The van der Waals surface area contributed by atoms with Gasteiger partial charge in [-0.3, -0.25) is 4.72 Å².